The molecule has 0 saturated heterocycles. The smallest absolute Gasteiger partial charge is 0.224 e. The molecule has 0 amide bonds. The van der Waals surface area contributed by atoms with Gasteiger partial charge in [-0.1, -0.05) is 12.1 Å². The number of nitrogens with one attached hydrogen (secondary N) is 1. The zero-order valence-electron chi connectivity index (χ0n) is 11.8. The Morgan fingerprint density at radius 1 is 1.36 bits per heavy atom. The maximum atomic E-state index is 9.37. The van der Waals surface area contributed by atoms with Crippen LogP contribution in [-0.4, -0.2) is 26.2 Å². The number of hydrogen-bond acceptors (Lipinski definition) is 7. The van der Waals surface area contributed by atoms with Crippen molar-refractivity contribution >= 4 is 23.1 Å². The van der Waals surface area contributed by atoms with Crippen molar-refractivity contribution in [3.63, 3.8) is 0 Å². The Labute approximate surface area is 126 Å². The molecular weight excluding hydrogens is 282 g/mol. The minimum absolute atomic E-state index is 0.160. The molecule has 2 heterocycles. The molecule has 8 heteroatoms. The summed E-state index contributed by atoms with van der Waals surface area (Å²) in [7, 11) is 0. The van der Waals surface area contributed by atoms with E-state index in [1.807, 2.05) is 31.2 Å². The molecule has 0 atom stereocenters. The maximum absolute atomic E-state index is 9.37. The fourth-order valence-electron chi connectivity index (χ4n) is 2.05. The normalized spacial score (nSPS) is 10.4. The predicted molar refractivity (Wildman–Crippen MR) is 80.8 cm³/mol. The fourth-order valence-corrected chi connectivity index (χ4v) is 2.05. The molecular formula is C14H13N7O. The van der Waals surface area contributed by atoms with E-state index in [4.69, 9.17) is 10.5 Å². The van der Waals surface area contributed by atoms with Crippen molar-refractivity contribution in [2.45, 2.75) is 6.92 Å². The molecule has 1 aromatic carbocycles. The van der Waals surface area contributed by atoms with Gasteiger partial charge in [0.2, 0.25) is 5.95 Å². The third kappa shape index (κ3) is 2.25. The summed E-state index contributed by atoms with van der Waals surface area (Å²) in [5, 5.41) is 16.7. The average molecular weight is 295 g/mol. The summed E-state index contributed by atoms with van der Waals surface area (Å²) in [6, 6.07) is 9.49. The summed E-state index contributed by atoms with van der Waals surface area (Å²) in [5.74, 6) is 1.18. The predicted octanol–water partition coefficient (Wildman–Crippen LogP) is 1.72. The molecule has 2 aromatic heterocycles. The van der Waals surface area contributed by atoms with Gasteiger partial charge in [-0.15, -0.1) is 5.10 Å². The van der Waals surface area contributed by atoms with Crippen LogP contribution in [0.15, 0.2) is 30.6 Å². The van der Waals surface area contributed by atoms with Crippen LogP contribution < -0.4 is 15.8 Å². The number of nitrogens with zero attached hydrogens (tertiary/aromatic N) is 5. The number of anilines is 3. The fraction of sp³-hybridized carbons (Fsp3) is 0.143. The molecule has 0 spiro atoms. The zero-order chi connectivity index (χ0) is 15.5. The van der Waals surface area contributed by atoms with E-state index in [0.717, 1.165) is 0 Å². The van der Waals surface area contributed by atoms with E-state index in [1.54, 1.807) is 0 Å². The minimum Gasteiger partial charge on any atom is -0.492 e. The number of para-hydroxylation sites is 2. The summed E-state index contributed by atoms with van der Waals surface area (Å²) in [6.45, 7) is 2.44. The third-order valence-corrected chi connectivity index (χ3v) is 3.00. The number of hydrogen-bond donors (Lipinski definition) is 2. The van der Waals surface area contributed by atoms with Crippen molar-refractivity contribution < 1.29 is 4.74 Å². The molecule has 0 bridgehead atoms. The molecule has 0 aliphatic carbocycles. The number of nitrogen functional groups attached to an aromatic ring is 1. The third-order valence-electron chi connectivity index (χ3n) is 3.00. The standard InChI is InChI=1S/C14H13N7O/c1-2-22-11-6-4-3-5-10(11)19-12-9(7-15)13-17-8-18-14(16)21(13)20-12/h3-6,8H,2H2,1H3,(H,19,20)(H2,16,17,18). The molecule has 0 unspecified atom stereocenters. The molecule has 0 radical (unpaired) electrons. The lowest BCUT2D eigenvalue weighted by molar-refractivity contribution is 0.342. The molecule has 0 saturated carbocycles. The van der Waals surface area contributed by atoms with E-state index in [0.29, 0.717) is 35.1 Å². The second-order valence-electron chi connectivity index (χ2n) is 4.36. The van der Waals surface area contributed by atoms with Gasteiger partial charge in [0.05, 0.1) is 12.3 Å². The van der Waals surface area contributed by atoms with Gasteiger partial charge in [0.25, 0.3) is 0 Å². The van der Waals surface area contributed by atoms with Gasteiger partial charge >= 0.3 is 0 Å². The quantitative estimate of drug-likeness (QED) is 0.753. The van der Waals surface area contributed by atoms with Gasteiger partial charge in [-0.2, -0.15) is 9.78 Å². The number of ether oxygens (including phenoxy) is 1. The average Bonchev–Trinajstić information content (AvgIpc) is 2.88. The minimum atomic E-state index is 0.160. The zero-order valence-corrected chi connectivity index (χ0v) is 11.8. The number of nitriles is 1. The van der Waals surface area contributed by atoms with Gasteiger partial charge in [0, 0.05) is 0 Å². The number of fused-ring (bicyclic) bond motifs is 1. The topological polar surface area (TPSA) is 114 Å². The monoisotopic (exact) mass is 295 g/mol. The highest BCUT2D eigenvalue weighted by Crippen LogP contribution is 2.29. The molecule has 0 aliphatic rings. The molecule has 0 fully saturated rings. The molecule has 3 N–H and O–H groups in total. The van der Waals surface area contributed by atoms with Crippen molar-refractivity contribution in [3.8, 4) is 11.8 Å². The largest absolute Gasteiger partial charge is 0.492 e. The number of benzene rings is 1. The maximum Gasteiger partial charge on any atom is 0.224 e. The summed E-state index contributed by atoms with van der Waals surface area (Å²) in [4.78, 5) is 7.90. The van der Waals surface area contributed by atoms with Crippen LogP contribution in [0.3, 0.4) is 0 Å². The van der Waals surface area contributed by atoms with Crippen LogP contribution in [0, 0.1) is 11.3 Å². The van der Waals surface area contributed by atoms with Crippen molar-refractivity contribution in [3.05, 3.63) is 36.2 Å². The molecule has 3 aromatic rings. The Morgan fingerprint density at radius 3 is 2.95 bits per heavy atom. The van der Waals surface area contributed by atoms with Gasteiger partial charge in [0.15, 0.2) is 11.5 Å². The first kappa shape index (κ1) is 13.6. The second kappa shape index (κ2) is 5.57. The lowest BCUT2D eigenvalue weighted by atomic mass is 10.2. The highest BCUT2D eigenvalue weighted by atomic mass is 16.5. The Kier molecular flexibility index (Phi) is 3.45. The van der Waals surface area contributed by atoms with Crippen molar-refractivity contribution in [2.75, 3.05) is 17.7 Å². The van der Waals surface area contributed by atoms with Crippen molar-refractivity contribution in [2.24, 2.45) is 0 Å². The van der Waals surface area contributed by atoms with E-state index in [1.165, 1.54) is 10.8 Å². The van der Waals surface area contributed by atoms with Crippen LogP contribution in [0.1, 0.15) is 12.5 Å². The summed E-state index contributed by atoms with van der Waals surface area (Å²) in [5.41, 5.74) is 7.10. The van der Waals surface area contributed by atoms with Crippen molar-refractivity contribution in [1.82, 2.24) is 19.6 Å². The lowest BCUT2D eigenvalue weighted by Gasteiger charge is -2.10. The summed E-state index contributed by atoms with van der Waals surface area (Å²) >= 11 is 0. The first-order valence-corrected chi connectivity index (χ1v) is 6.62. The van der Waals surface area contributed by atoms with Gasteiger partial charge in [-0.25, -0.2) is 9.97 Å². The molecule has 8 nitrogen and oxygen atoms in total. The van der Waals surface area contributed by atoms with Crippen molar-refractivity contribution in [1.29, 1.82) is 5.26 Å². The Bertz CT molecular complexity index is 865. The van der Waals surface area contributed by atoms with E-state index in [2.05, 4.69) is 26.5 Å². The van der Waals surface area contributed by atoms with Gasteiger partial charge in [-0.3, -0.25) is 0 Å². The molecule has 0 aliphatic heterocycles. The number of aromatic nitrogens is 4. The highest BCUT2D eigenvalue weighted by Gasteiger charge is 2.16. The summed E-state index contributed by atoms with van der Waals surface area (Å²) < 4.78 is 6.87. The SMILES string of the molecule is CCOc1ccccc1Nc1nn2c(N)ncnc2c1C#N. The summed E-state index contributed by atoms with van der Waals surface area (Å²) in [6.07, 6.45) is 1.30. The van der Waals surface area contributed by atoms with E-state index in [9.17, 15) is 5.26 Å². The lowest BCUT2D eigenvalue weighted by Crippen LogP contribution is -2.02. The Morgan fingerprint density at radius 2 is 2.18 bits per heavy atom. The van der Waals surface area contributed by atoms with Crippen LogP contribution in [0.2, 0.25) is 0 Å². The highest BCUT2D eigenvalue weighted by molar-refractivity contribution is 5.74. The van der Waals surface area contributed by atoms with Crippen LogP contribution in [0.25, 0.3) is 5.65 Å². The van der Waals surface area contributed by atoms with E-state index in [-0.39, 0.29) is 5.95 Å². The number of nitrogens with two attached hydrogens (primary N) is 1. The molecule has 110 valence electrons. The van der Waals surface area contributed by atoms with Crippen LogP contribution in [-0.2, 0) is 0 Å². The second-order valence-corrected chi connectivity index (χ2v) is 4.36. The van der Waals surface area contributed by atoms with E-state index >= 15 is 0 Å². The first-order valence-electron chi connectivity index (χ1n) is 6.62. The molecule has 22 heavy (non-hydrogen) atoms. The van der Waals surface area contributed by atoms with Crippen LogP contribution in [0.4, 0.5) is 17.5 Å². The first-order chi connectivity index (χ1) is 10.7. The van der Waals surface area contributed by atoms with Crippen LogP contribution >= 0.6 is 0 Å². The van der Waals surface area contributed by atoms with Crippen LogP contribution in [0.5, 0.6) is 5.75 Å². The van der Waals surface area contributed by atoms with Gasteiger partial charge in [0.1, 0.15) is 23.7 Å². The van der Waals surface area contributed by atoms with Gasteiger partial charge < -0.3 is 15.8 Å². The number of rotatable bonds is 4. The van der Waals surface area contributed by atoms with E-state index < -0.39 is 0 Å². The van der Waals surface area contributed by atoms with Gasteiger partial charge in [-0.05, 0) is 19.1 Å². The Balaban J connectivity index is 2.08. The Hall–Kier alpha value is -3.34. The molecule has 3 rings (SSSR count).